The molecule has 0 saturated carbocycles. The smallest absolute Gasteiger partial charge is 0.242 e. The molecule has 3 heteroatoms. The van der Waals surface area contributed by atoms with Gasteiger partial charge in [0.1, 0.15) is 0 Å². The minimum absolute atomic E-state index is 0.259. The monoisotopic (exact) mass is 171 g/mol. The lowest BCUT2D eigenvalue weighted by Crippen LogP contribution is -1.98. The molecule has 0 spiro atoms. The summed E-state index contributed by atoms with van der Waals surface area (Å²) in [5.74, 6) is 0. The molecule has 0 aromatic rings. The molecule has 3 nitrogen and oxygen atoms in total. The van der Waals surface area contributed by atoms with Crippen LogP contribution in [0.25, 0.3) is 0 Å². The van der Waals surface area contributed by atoms with Crippen LogP contribution in [0.15, 0.2) is 11.8 Å². The van der Waals surface area contributed by atoms with Crippen molar-refractivity contribution in [3.05, 3.63) is 21.9 Å². The van der Waals surface area contributed by atoms with Gasteiger partial charge in [0.2, 0.25) is 5.70 Å². The van der Waals surface area contributed by atoms with Gasteiger partial charge in [0.15, 0.2) is 0 Å². The number of hydrogen-bond acceptors (Lipinski definition) is 2. The summed E-state index contributed by atoms with van der Waals surface area (Å²) < 4.78 is 0. The molecule has 0 bridgehead atoms. The van der Waals surface area contributed by atoms with Gasteiger partial charge in [-0.3, -0.25) is 10.1 Å². The maximum absolute atomic E-state index is 10.4. The molecule has 0 fully saturated rings. The zero-order valence-corrected chi connectivity index (χ0v) is 7.88. The fraction of sp³-hybridized carbons (Fsp3) is 0.778. The molecule has 0 radical (unpaired) electrons. The van der Waals surface area contributed by atoms with Crippen molar-refractivity contribution in [3.8, 4) is 0 Å². The Morgan fingerprint density at radius 1 is 1.42 bits per heavy atom. The SMILES string of the molecule is CCC/C=C(/CCCC)[N+](=O)[O-]. The molecule has 12 heavy (non-hydrogen) atoms. The van der Waals surface area contributed by atoms with Crippen molar-refractivity contribution >= 4 is 0 Å². The number of hydrogen-bond donors (Lipinski definition) is 0. The third kappa shape index (κ3) is 4.88. The van der Waals surface area contributed by atoms with Gasteiger partial charge < -0.3 is 0 Å². The zero-order valence-electron chi connectivity index (χ0n) is 7.88. The van der Waals surface area contributed by atoms with E-state index in [1.165, 1.54) is 0 Å². The van der Waals surface area contributed by atoms with E-state index in [1.54, 1.807) is 6.08 Å². The summed E-state index contributed by atoms with van der Waals surface area (Å²) in [7, 11) is 0. The zero-order chi connectivity index (χ0) is 9.40. The lowest BCUT2D eigenvalue weighted by Gasteiger charge is -1.96. The molecule has 0 aliphatic rings. The van der Waals surface area contributed by atoms with Crippen LogP contribution in [0.5, 0.6) is 0 Å². The predicted octanol–water partition coefficient (Wildman–Crippen LogP) is 3.14. The summed E-state index contributed by atoms with van der Waals surface area (Å²) in [5, 5.41) is 10.4. The maximum atomic E-state index is 10.4. The van der Waals surface area contributed by atoms with Crippen LogP contribution in [-0.2, 0) is 0 Å². The summed E-state index contributed by atoms with van der Waals surface area (Å²) in [6.07, 6.45) is 6.08. The highest BCUT2D eigenvalue weighted by atomic mass is 16.6. The highest BCUT2D eigenvalue weighted by molar-refractivity contribution is 4.91. The van der Waals surface area contributed by atoms with Gasteiger partial charge in [0, 0.05) is 6.42 Å². The van der Waals surface area contributed by atoms with Gasteiger partial charge in [-0.2, -0.15) is 0 Å². The van der Waals surface area contributed by atoms with Gasteiger partial charge in [0.25, 0.3) is 0 Å². The van der Waals surface area contributed by atoms with Crippen LogP contribution < -0.4 is 0 Å². The van der Waals surface area contributed by atoms with Crippen LogP contribution >= 0.6 is 0 Å². The third-order valence-electron chi connectivity index (χ3n) is 1.69. The Kier molecular flexibility index (Phi) is 6.34. The van der Waals surface area contributed by atoms with Crippen molar-refractivity contribution in [2.45, 2.75) is 46.0 Å². The lowest BCUT2D eigenvalue weighted by atomic mass is 10.2. The molecule has 70 valence electrons. The van der Waals surface area contributed by atoms with Gasteiger partial charge in [0.05, 0.1) is 4.92 Å². The molecule has 0 aromatic carbocycles. The van der Waals surface area contributed by atoms with E-state index in [9.17, 15) is 10.1 Å². The first-order valence-electron chi connectivity index (χ1n) is 4.55. The Morgan fingerprint density at radius 3 is 2.50 bits per heavy atom. The van der Waals surface area contributed by atoms with Gasteiger partial charge in [-0.15, -0.1) is 0 Å². The molecule has 0 unspecified atom stereocenters. The van der Waals surface area contributed by atoms with E-state index in [1.807, 2.05) is 13.8 Å². The van der Waals surface area contributed by atoms with Gasteiger partial charge >= 0.3 is 0 Å². The molecule has 0 amide bonds. The lowest BCUT2D eigenvalue weighted by molar-refractivity contribution is -0.428. The fourth-order valence-corrected chi connectivity index (χ4v) is 0.937. The molecule has 0 rings (SSSR count). The van der Waals surface area contributed by atoms with Gasteiger partial charge in [-0.25, -0.2) is 0 Å². The minimum atomic E-state index is -0.259. The maximum Gasteiger partial charge on any atom is 0.242 e. The third-order valence-corrected chi connectivity index (χ3v) is 1.69. The van der Waals surface area contributed by atoms with Crippen LogP contribution in [0.1, 0.15) is 46.0 Å². The topological polar surface area (TPSA) is 43.1 Å². The highest BCUT2D eigenvalue weighted by Crippen LogP contribution is 2.09. The second-order valence-corrected chi connectivity index (χ2v) is 2.84. The Morgan fingerprint density at radius 2 is 2.08 bits per heavy atom. The van der Waals surface area contributed by atoms with E-state index in [4.69, 9.17) is 0 Å². The summed E-state index contributed by atoms with van der Waals surface area (Å²) in [6.45, 7) is 4.06. The largest absolute Gasteiger partial charge is 0.259 e. The second-order valence-electron chi connectivity index (χ2n) is 2.84. The fourth-order valence-electron chi connectivity index (χ4n) is 0.937. The van der Waals surface area contributed by atoms with Crippen LogP contribution in [0.3, 0.4) is 0 Å². The molecular formula is C9H17NO2. The van der Waals surface area contributed by atoms with Gasteiger partial charge in [-0.05, 0) is 18.9 Å². The van der Waals surface area contributed by atoms with Crippen molar-refractivity contribution in [2.75, 3.05) is 0 Å². The van der Waals surface area contributed by atoms with Crippen molar-refractivity contribution in [1.82, 2.24) is 0 Å². The van der Waals surface area contributed by atoms with E-state index >= 15 is 0 Å². The normalized spacial score (nSPS) is 11.7. The van der Waals surface area contributed by atoms with Gasteiger partial charge in [-0.1, -0.05) is 26.7 Å². The van der Waals surface area contributed by atoms with Crippen LogP contribution in [0.2, 0.25) is 0 Å². The Bertz CT molecular complexity index is 164. The van der Waals surface area contributed by atoms with Crippen molar-refractivity contribution in [2.24, 2.45) is 0 Å². The molecular weight excluding hydrogens is 154 g/mol. The molecule has 0 aliphatic carbocycles. The molecule has 0 atom stereocenters. The average molecular weight is 171 g/mol. The molecule has 0 aromatic heterocycles. The highest BCUT2D eigenvalue weighted by Gasteiger charge is 2.07. The standard InChI is InChI=1S/C9H17NO2/c1-3-5-7-9(10(11)12)8-6-4-2/h7H,3-6,8H2,1-2H3/b9-7-. The summed E-state index contributed by atoms with van der Waals surface area (Å²) in [6, 6.07) is 0. The van der Waals surface area contributed by atoms with Crippen molar-refractivity contribution in [1.29, 1.82) is 0 Å². The average Bonchev–Trinajstić information content (AvgIpc) is 2.04. The summed E-state index contributed by atoms with van der Waals surface area (Å²) in [5.41, 5.74) is 0.388. The van der Waals surface area contributed by atoms with E-state index in [2.05, 4.69) is 0 Å². The van der Waals surface area contributed by atoms with Crippen LogP contribution in [-0.4, -0.2) is 4.92 Å². The second kappa shape index (κ2) is 6.83. The number of nitro groups is 1. The molecule has 0 heterocycles. The number of unbranched alkanes of at least 4 members (excludes halogenated alkanes) is 2. The number of nitrogens with zero attached hydrogens (tertiary/aromatic N) is 1. The molecule has 0 aliphatic heterocycles. The quantitative estimate of drug-likeness (QED) is 0.455. The van der Waals surface area contributed by atoms with E-state index in [0.29, 0.717) is 12.1 Å². The molecule has 0 saturated heterocycles. The van der Waals surface area contributed by atoms with E-state index in [-0.39, 0.29) is 4.92 Å². The number of rotatable bonds is 6. The predicted molar refractivity (Wildman–Crippen MR) is 49.5 cm³/mol. The first-order valence-corrected chi connectivity index (χ1v) is 4.55. The Labute approximate surface area is 73.6 Å². The Hall–Kier alpha value is -0.860. The van der Waals surface area contributed by atoms with E-state index < -0.39 is 0 Å². The Balaban J connectivity index is 3.94. The number of allylic oxidation sites excluding steroid dienone is 2. The minimum Gasteiger partial charge on any atom is -0.259 e. The van der Waals surface area contributed by atoms with Crippen molar-refractivity contribution < 1.29 is 4.92 Å². The molecule has 0 N–H and O–H groups in total. The first-order chi connectivity index (χ1) is 5.72. The van der Waals surface area contributed by atoms with E-state index in [0.717, 1.165) is 25.7 Å². The first kappa shape index (κ1) is 11.1. The van der Waals surface area contributed by atoms with Crippen molar-refractivity contribution in [3.63, 3.8) is 0 Å². The summed E-state index contributed by atoms with van der Waals surface area (Å²) in [4.78, 5) is 10.2. The van der Waals surface area contributed by atoms with Crippen LogP contribution in [0.4, 0.5) is 0 Å². The van der Waals surface area contributed by atoms with Crippen LogP contribution in [0, 0.1) is 10.1 Å². The summed E-state index contributed by atoms with van der Waals surface area (Å²) >= 11 is 0.